The molecule has 0 aliphatic heterocycles. The summed E-state index contributed by atoms with van der Waals surface area (Å²) in [6.45, 7) is 2.47. The lowest BCUT2D eigenvalue weighted by Crippen LogP contribution is -2.55. The average Bonchev–Trinajstić information content (AvgIpc) is 2.98. The van der Waals surface area contributed by atoms with Crippen molar-refractivity contribution >= 4 is 34.4 Å². The molecule has 41 heavy (non-hydrogen) atoms. The van der Waals surface area contributed by atoms with Crippen molar-refractivity contribution < 1.29 is 29.3 Å². The van der Waals surface area contributed by atoms with E-state index in [-0.39, 0.29) is 31.4 Å². The minimum atomic E-state index is -1.05. The van der Waals surface area contributed by atoms with E-state index in [1.807, 2.05) is 48.5 Å². The first kappa shape index (κ1) is 32.9. The molecule has 3 unspecified atom stereocenters. The SMILES string of the molecule is CCCCCCCC(=O)N(CCc1cccc(OC)c1)C1CC(C(=O)NCCO)=CC(Oc2ccccc2I)C1O. The Kier molecular flexibility index (Phi) is 13.9. The van der Waals surface area contributed by atoms with Crippen molar-refractivity contribution in [2.45, 2.75) is 76.5 Å². The summed E-state index contributed by atoms with van der Waals surface area (Å²) in [5.41, 5.74) is 1.44. The van der Waals surface area contributed by atoms with Gasteiger partial charge in [0.1, 0.15) is 23.7 Å². The van der Waals surface area contributed by atoms with E-state index >= 15 is 0 Å². The largest absolute Gasteiger partial charge is 0.497 e. The minimum absolute atomic E-state index is 0.0431. The molecule has 1 aliphatic carbocycles. The number of halogens is 1. The molecule has 3 N–H and O–H groups in total. The molecule has 0 radical (unpaired) electrons. The maximum Gasteiger partial charge on any atom is 0.247 e. The Hall–Kier alpha value is -2.63. The summed E-state index contributed by atoms with van der Waals surface area (Å²) in [4.78, 5) is 28.5. The molecule has 8 nitrogen and oxygen atoms in total. The van der Waals surface area contributed by atoms with Gasteiger partial charge in [-0.05, 0) is 71.3 Å². The standard InChI is InChI=1S/C32H43IN2O6/c1-3-4-5-6-7-15-30(37)35(18-16-23-11-10-12-25(20-23)40-2)27-21-24(32(39)34-17-19-36)22-29(31(27)38)41-28-14-9-8-13-26(28)33/h8-14,20,22,27,29,31,36,38H,3-7,15-19,21H2,1-2H3,(H,34,39). The Bertz CT molecular complexity index is 1160. The van der Waals surface area contributed by atoms with E-state index in [2.05, 4.69) is 34.8 Å². The Balaban J connectivity index is 1.89. The predicted molar refractivity (Wildman–Crippen MR) is 168 cm³/mol. The molecular formula is C32H43IN2O6. The van der Waals surface area contributed by atoms with Crippen LogP contribution in [0.3, 0.4) is 0 Å². The third kappa shape index (κ3) is 10.0. The number of carbonyl (C=O) groups is 2. The van der Waals surface area contributed by atoms with Crippen LogP contribution in [0.5, 0.6) is 11.5 Å². The fourth-order valence-electron chi connectivity index (χ4n) is 5.04. The van der Waals surface area contributed by atoms with Crippen LogP contribution in [0.25, 0.3) is 0 Å². The lowest BCUT2D eigenvalue weighted by atomic mass is 9.87. The second-order valence-electron chi connectivity index (χ2n) is 10.3. The van der Waals surface area contributed by atoms with Gasteiger partial charge in [-0.2, -0.15) is 0 Å². The number of benzene rings is 2. The molecule has 0 fully saturated rings. The molecule has 0 spiro atoms. The summed E-state index contributed by atoms with van der Waals surface area (Å²) in [7, 11) is 1.62. The third-order valence-corrected chi connectivity index (χ3v) is 8.20. The Labute approximate surface area is 257 Å². The Morgan fingerprint density at radius 1 is 1.10 bits per heavy atom. The van der Waals surface area contributed by atoms with Gasteiger partial charge in [0.05, 0.1) is 23.3 Å². The Morgan fingerprint density at radius 3 is 2.61 bits per heavy atom. The molecule has 2 aromatic rings. The van der Waals surface area contributed by atoms with Gasteiger partial charge in [-0.1, -0.05) is 56.9 Å². The van der Waals surface area contributed by atoms with Crippen molar-refractivity contribution in [3.63, 3.8) is 0 Å². The molecule has 3 rings (SSSR count). The van der Waals surface area contributed by atoms with E-state index in [1.165, 1.54) is 0 Å². The van der Waals surface area contributed by atoms with Crippen molar-refractivity contribution in [2.75, 3.05) is 26.8 Å². The summed E-state index contributed by atoms with van der Waals surface area (Å²) in [6.07, 6.45) is 6.00. The number of nitrogens with one attached hydrogen (secondary N) is 1. The smallest absolute Gasteiger partial charge is 0.247 e. The molecule has 9 heteroatoms. The topological polar surface area (TPSA) is 108 Å². The van der Waals surface area contributed by atoms with Crippen LogP contribution in [-0.4, -0.2) is 72.0 Å². The van der Waals surface area contributed by atoms with Crippen LogP contribution in [0.4, 0.5) is 0 Å². The molecule has 224 valence electrons. The molecule has 0 saturated carbocycles. The second kappa shape index (κ2) is 17.4. The van der Waals surface area contributed by atoms with E-state index in [1.54, 1.807) is 18.1 Å². The zero-order chi connectivity index (χ0) is 29.6. The van der Waals surface area contributed by atoms with E-state index in [4.69, 9.17) is 9.47 Å². The first-order valence-electron chi connectivity index (χ1n) is 14.5. The zero-order valence-electron chi connectivity index (χ0n) is 24.1. The van der Waals surface area contributed by atoms with Crippen molar-refractivity contribution in [1.82, 2.24) is 10.2 Å². The van der Waals surface area contributed by atoms with Crippen LogP contribution in [0.2, 0.25) is 0 Å². The number of hydrogen-bond acceptors (Lipinski definition) is 6. The highest BCUT2D eigenvalue weighted by molar-refractivity contribution is 14.1. The summed E-state index contributed by atoms with van der Waals surface area (Å²) < 4.78 is 12.5. The molecule has 2 amide bonds. The number of nitrogens with zero attached hydrogens (tertiary/aromatic N) is 1. The maximum absolute atomic E-state index is 13.7. The van der Waals surface area contributed by atoms with Gasteiger partial charge in [0.15, 0.2) is 0 Å². The molecule has 0 bridgehead atoms. The number of ether oxygens (including phenoxy) is 2. The second-order valence-corrected chi connectivity index (χ2v) is 11.5. The lowest BCUT2D eigenvalue weighted by molar-refractivity contribution is -0.138. The quantitative estimate of drug-likeness (QED) is 0.176. The highest BCUT2D eigenvalue weighted by Gasteiger charge is 2.40. The van der Waals surface area contributed by atoms with E-state index < -0.39 is 18.2 Å². The molecule has 3 atom stereocenters. The number of para-hydroxylation sites is 1. The van der Waals surface area contributed by atoms with Crippen LogP contribution in [0, 0.1) is 3.57 Å². The number of aliphatic hydroxyl groups is 2. The van der Waals surface area contributed by atoms with Crippen LogP contribution < -0.4 is 14.8 Å². The zero-order valence-corrected chi connectivity index (χ0v) is 26.2. The minimum Gasteiger partial charge on any atom is -0.497 e. The van der Waals surface area contributed by atoms with Gasteiger partial charge >= 0.3 is 0 Å². The van der Waals surface area contributed by atoms with Gasteiger partial charge in [-0.3, -0.25) is 9.59 Å². The molecule has 0 aromatic heterocycles. The van der Waals surface area contributed by atoms with Crippen LogP contribution >= 0.6 is 22.6 Å². The number of methoxy groups -OCH3 is 1. The molecule has 0 saturated heterocycles. The van der Waals surface area contributed by atoms with Crippen LogP contribution in [0.1, 0.15) is 57.4 Å². The van der Waals surface area contributed by atoms with Gasteiger partial charge in [0.25, 0.3) is 0 Å². The monoisotopic (exact) mass is 678 g/mol. The average molecular weight is 679 g/mol. The molecule has 1 aliphatic rings. The molecular weight excluding hydrogens is 635 g/mol. The van der Waals surface area contributed by atoms with Gasteiger partial charge in [0, 0.05) is 31.5 Å². The fraction of sp³-hybridized carbons (Fsp3) is 0.500. The number of amides is 2. The highest BCUT2D eigenvalue weighted by atomic mass is 127. The summed E-state index contributed by atoms with van der Waals surface area (Å²) in [6, 6.07) is 14.6. The van der Waals surface area contributed by atoms with E-state index in [0.29, 0.717) is 30.7 Å². The molecule has 0 heterocycles. The van der Waals surface area contributed by atoms with Crippen molar-refractivity contribution in [3.05, 3.63) is 69.3 Å². The summed E-state index contributed by atoms with van der Waals surface area (Å²) >= 11 is 2.17. The van der Waals surface area contributed by atoms with Crippen LogP contribution in [0.15, 0.2) is 60.2 Å². The van der Waals surface area contributed by atoms with Gasteiger partial charge in [0.2, 0.25) is 11.8 Å². The summed E-state index contributed by atoms with van der Waals surface area (Å²) in [5.74, 6) is 0.950. The lowest BCUT2D eigenvalue weighted by Gasteiger charge is -2.40. The maximum atomic E-state index is 13.7. The van der Waals surface area contributed by atoms with Crippen LogP contribution in [-0.2, 0) is 16.0 Å². The van der Waals surface area contributed by atoms with Crippen molar-refractivity contribution in [2.24, 2.45) is 0 Å². The summed E-state index contributed by atoms with van der Waals surface area (Å²) in [5, 5.41) is 23.6. The molecule has 2 aromatic carbocycles. The van der Waals surface area contributed by atoms with Gasteiger partial charge < -0.3 is 29.9 Å². The number of rotatable bonds is 16. The predicted octanol–water partition coefficient (Wildman–Crippen LogP) is 4.65. The van der Waals surface area contributed by atoms with Gasteiger partial charge in [-0.25, -0.2) is 0 Å². The number of hydrogen-bond donors (Lipinski definition) is 3. The third-order valence-electron chi connectivity index (χ3n) is 7.30. The van der Waals surface area contributed by atoms with Crippen molar-refractivity contribution in [3.8, 4) is 11.5 Å². The highest BCUT2D eigenvalue weighted by Crippen LogP contribution is 2.30. The van der Waals surface area contributed by atoms with E-state index in [9.17, 15) is 19.8 Å². The first-order valence-corrected chi connectivity index (χ1v) is 15.6. The first-order chi connectivity index (χ1) is 19.9. The van der Waals surface area contributed by atoms with Crippen molar-refractivity contribution in [1.29, 1.82) is 0 Å². The fourth-order valence-corrected chi connectivity index (χ4v) is 5.56. The Morgan fingerprint density at radius 2 is 1.88 bits per heavy atom. The van der Waals surface area contributed by atoms with E-state index in [0.717, 1.165) is 47.0 Å². The number of unbranched alkanes of at least 4 members (excludes halogenated alkanes) is 4. The number of carbonyl (C=O) groups excluding carboxylic acids is 2. The van der Waals surface area contributed by atoms with Gasteiger partial charge in [-0.15, -0.1) is 0 Å². The number of aliphatic hydroxyl groups excluding tert-OH is 2. The normalized spacial score (nSPS) is 18.4.